The van der Waals surface area contributed by atoms with Gasteiger partial charge in [0.1, 0.15) is 5.75 Å². The third kappa shape index (κ3) is 4.21. The number of carboxylic acids is 1. The Hall–Kier alpha value is -2.08. The standard InChI is InChI=1S/C16H21NO5/c1-2-21-8-3-4-14(18)17-15(16(19)20)12-5-6-13-11(10-12)7-9-22-13/h5-6,10,15H,2-4,7-9H2,1H3,(H,17,18)(H,19,20). The first kappa shape index (κ1) is 16.3. The van der Waals surface area contributed by atoms with E-state index in [0.29, 0.717) is 31.8 Å². The Morgan fingerprint density at radius 3 is 3.00 bits per heavy atom. The van der Waals surface area contributed by atoms with Crippen molar-refractivity contribution in [2.75, 3.05) is 19.8 Å². The highest BCUT2D eigenvalue weighted by Gasteiger charge is 2.24. The lowest BCUT2D eigenvalue weighted by atomic mass is 10.0. The van der Waals surface area contributed by atoms with E-state index in [4.69, 9.17) is 9.47 Å². The van der Waals surface area contributed by atoms with Crippen molar-refractivity contribution in [3.63, 3.8) is 0 Å². The predicted octanol–water partition coefficient (Wildman–Crippen LogP) is 1.68. The molecule has 0 aliphatic carbocycles. The van der Waals surface area contributed by atoms with Gasteiger partial charge < -0.3 is 19.9 Å². The molecule has 22 heavy (non-hydrogen) atoms. The molecule has 0 aromatic heterocycles. The molecule has 2 rings (SSSR count). The number of aliphatic carboxylic acids is 1. The molecule has 1 amide bonds. The van der Waals surface area contributed by atoms with Crippen LogP contribution in [0.25, 0.3) is 0 Å². The minimum atomic E-state index is -1.07. The van der Waals surface area contributed by atoms with Gasteiger partial charge in [-0.25, -0.2) is 4.79 Å². The fourth-order valence-corrected chi connectivity index (χ4v) is 2.39. The van der Waals surface area contributed by atoms with Gasteiger partial charge in [0.2, 0.25) is 5.91 Å². The van der Waals surface area contributed by atoms with Gasteiger partial charge in [0.05, 0.1) is 6.61 Å². The normalized spacial score (nSPS) is 14.0. The molecule has 0 saturated heterocycles. The molecule has 1 aromatic carbocycles. The van der Waals surface area contributed by atoms with Crippen molar-refractivity contribution in [3.05, 3.63) is 29.3 Å². The summed E-state index contributed by atoms with van der Waals surface area (Å²) in [7, 11) is 0. The average molecular weight is 307 g/mol. The zero-order valence-electron chi connectivity index (χ0n) is 12.6. The lowest BCUT2D eigenvalue weighted by molar-refractivity contribution is -0.142. The second-order valence-electron chi connectivity index (χ2n) is 5.10. The van der Waals surface area contributed by atoms with E-state index >= 15 is 0 Å². The molecule has 2 N–H and O–H groups in total. The SMILES string of the molecule is CCOCCCC(=O)NC(C(=O)O)c1ccc2c(c1)CCO2. The highest BCUT2D eigenvalue weighted by molar-refractivity contribution is 5.84. The summed E-state index contributed by atoms with van der Waals surface area (Å²) in [5.74, 6) is -0.572. The fraction of sp³-hybridized carbons (Fsp3) is 0.500. The van der Waals surface area contributed by atoms with Crippen molar-refractivity contribution in [2.45, 2.75) is 32.2 Å². The van der Waals surface area contributed by atoms with Crippen molar-refractivity contribution in [3.8, 4) is 5.75 Å². The summed E-state index contributed by atoms with van der Waals surface area (Å²) in [4.78, 5) is 23.3. The lowest BCUT2D eigenvalue weighted by Crippen LogP contribution is -2.33. The molecule has 0 spiro atoms. The van der Waals surface area contributed by atoms with E-state index in [1.807, 2.05) is 6.92 Å². The smallest absolute Gasteiger partial charge is 0.330 e. The van der Waals surface area contributed by atoms with Gasteiger partial charge in [-0.05, 0) is 36.6 Å². The van der Waals surface area contributed by atoms with Gasteiger partial charge in [-0.15, -0.1) is 0 Å². The van der Waals surface area contributed by atoms with E-state index in [-0.39, 0.29) is 12.3 Å². The minimum Gasteiger partial charge on any atom is -0.493 e. The van der Waals surface area contributed by atoms with Crippen LogP contribution in [0.1, 0.15) is 36.9 Å². The number of rotatable bonds is 8. The lowest BCUT2D eigenvalue weighted by Gasteiger charge is -2.16. The summed E-state index contributed by atoms with van der Waals surface area (Å²) in [6.45, 7) is 3.60. The van der Waals surface area contributed by atoms with Crippen LogP contribution in [0.4, 0.5) is 0 Å². The molecule has 1 heterocycles. The molecule has 1 unspecified atom stereocenters. The van der Waals surface area contributed by atoms with Gasteiger partial charge in [0, 0.05) is 26.1 Å². The molecule has 0 bridgehead atoms. The second kappa shape index (κ2) is 7.79. The van der Waals surface area contributed by atoms with Crippen molar-refractivity contribution in [2.24, 2.45) is 0 Å². The van der Waals surface area contributed by atoms with Gasteiger partial charge >= 0.3 is 5.97 Å². The van der Waals surface area contributed by atoms with Crippen molar-refractivity contribution >= 4 is 11.9 Å². The van der Waals surface area contributed by atoms with Crippen LogP contribution in [0.5, 0.6) is 5.75 Å². The number of nitrogens with one attached hydrogen (secondary N) is 1. The predicted molar refractivity (Wildman–Crippen MR) is 79.9 cm³/mol. The Kier molecular flexibility index (Phi) is 5.77. The number of carbonyl (C=O) groups excluding carboxylic acids is 1. The molecule has 120 valence electrons. The number of hydrogen-bond acceptors (Lipinski definition) is 4. The quantitative estimate of drug-likeness (QED) is 0.714. The Balaban J connectivity index is 1.98. The molecule has 6 heteroatoms. The molecule has 1 atom stereocenters. The van der Waals surface area contributed by atoms with E-state index < -0.39 is 12.0 Å². The first-order chi connectivity index (χ1) is 10.6. The first-order valence-corrected chi connectivity index (χ1v) is 7.47. The molecule has 0 fully saturated rings. The average Bonchev–Trinajstić information content (AvgIpc) is 2.96. The van der Waals surface area contributed by atoms with E-state index in [2.05, 4.69) is 5.32 Å². The minimum absolute atomic E-state index is 0.248. The van der Waals surface area contributed by atoms with Crippen LogP contribution < -0.4 is 10.1 Å². The molecule has 1 aromatic rings. The highest BCUT2D eigenvalue weighted by atomic mass is 16.5. The molecule has 0 radical (unpaired) electrons. The maximum absolute atomic E-state index is 11.9. The van der Waals surface area contributed by atoms with Gasteiger partial charge in [-0.1, -0.05) is 6.07 Å². The molecular formula is C16H21NO5. The number of carboxylic acid groups (broad SMARTS) is 1. The van der Waals surface area contributed by atoms with Gasteiger partial charge in [0.15, 0.2) is 6.04 Å². The van der Waals surface area contributed by atoms with Crippen LogP contribution in [0.15, 0.2) is 18.2 Å². The van der Waals surface area contributed by atoms with Crippen LogP contribution in [0, 0.1) is 0 Å². The van der Waals surface area contributed by atoms with E-state index in [1.54, 1.807) is 18.2 Å². The summed E-state index contributed by atoms with van der Waals surface area (Å²) in [6, 6.07) is 4.20. The number of carbonyl (C=O) groups is 2. The van der Waals surface area contributed by atoms with E-state index in [9.17, 15) is 14.7 Å². The van der Waals surface area contributed by atoms with E-state index in [1.165, 1.54) is 0 Å². The largest absolute Gasteiger partial charge is 0.493 e. The molecule has 1 aliphatic heterocycles. The number of hydrogen-bond donors (Lipinski definition) is 2. The van der Waals surface area contributed by atoms with Crippen LogP contribution in [-0.4, -0.2) is 36.8 Å². The van der Waals surface area contributed by atoms with Crippen molar-refractivity contribution in [1.29, 1.82) is 0 Å². The van der Waals surface area contributed by atoms with Gasteiger partial charge in [0.25, 0.3) is 0 Å². The molecule has 0 saturated carbocycles. The summed E-state index contributed by atoms with van der Waals surface area (Å²) in [6.07, 6.45) is 1.58. The Bertz CT molecular complexity index is 543. The summed E-state index contributed by atoms with van der Waals surface area (Å²) >= 11 is 0. The summed E-state index contributed by atoms with van der Waals surface area (Å²) in [5, 5.41) is 11.9. The summed E-state index contributed by atoms with van der Waals surface area (Å²) in [5.41, 5.74) is 1.55. The third-order valence-electron chi connectivity index (χ3n) is 3.50. The number of amides is 1. The Morgan fingerprint density at radius 1 is 1.45 bits per heavy atom. The zero-order valence-corrected chi connectivity index (χ0v) is 12.6. The second-order valence-corrected chi connectivity index (χ2v) is 5.10. The zero-order chi connectivity index (χ0) is 15.9. The Morgan fingerprint density at radius 2 is 2.27 bits per heavy atom. The first-order valence-electron chi connectivity index (χ1n) is 7.47. The number of ether oxygens (including phenoxy) is 2. The van der Waals surface area contributed by atoms with Crippen molar-refractivity contribution < 1.29 is 24.2 Å². The fourth-order valence-electron chi connectivity index (χ4n) is 2.39. The number of fused-ring (bicyclic) bond motifs is 1. The number of benzene rings is 1. The third-order valence-corrected chi connectivity index (χ3v) is 3.50. The van der Waals surface area contributed by atoms with Crippen LogP contribution in [-0.2, 0) is 20.7 Å². The molecule has 6 nitrogen and oxygen atoms in total. The van der Waals surface area contributed by atoms with Crippen LogP contribution in [0.2, 0.25) is 0 Å². The van der Waals surface area contributed by atoms with Gasteiger partial charge in [-0.3, -0.25) is 4.79 Å². The monoisotopic (exact) mass is 307 g/mol. The summed E-state index contributed by atoms with van der Waals surface area (Å²) < 4.78 is 10.6. The van der Waals surface area contributed by atoms with Crippen LogP contribution in [0.3, 0.4) is 0 Å². The van der Waals surface area contributed by atoms with Gasteiger partial charge in [-0.2, -0.15) is 0 Å². The Labute approximate surface area is 129 Å². The van der Waals surface area contributed by atoms with Crippen LogP contribution >= 0.6 is 0 Å². The maximum atomic E-state index is 11.9. The topological polar surface area (TPSA) is 84.9 Å². The van der Waals surface area contributed by atoms with Crippen molar-refractivity contribution in [1.82, 2.24) is 5.32 Å². The molecular weight excluding hydrogens is 286 g/mol. The highest BCUT2D eigenvalue weighted by Crippen LogP contribution is 2.28. The molecule has 1 aliphatic rings. The maximum Gasteiger partial charge on any atom is 0.330 e. The van der Waals surface area contributed by atoms with E-state index in [0.717, 1.165) is 17.7 Å².